The quantitative estimate of drug-likeness (QED) is 0.416. The van der Waals surface area contributed by atoms with E-state index in [1.54, 1.807) is 6.07 Å². The average molecular weight is 504 g/mol. The van der Waals surface area contributed by atoms with Crippen LogP contribution in [-0.4, -0.2) is 31.8 Å². The Morgan fingerprint density at radius 2 is 2.07 bits per heavy atom. The zero-order chi connectivity index (χ0) is 22.5. The van der Waals surface area contributed by atoms with Gasteiger partial charge in [-0.25, -0.2) is 0 Å². The number of rotatable bonds is 8. The Kier molecular flexibility index (Phi) is 8.36. The Hall–Kier alpha value is -2.01. The monoisotopic (exact) mass is 503 g/mol. The summed E-state index contributed by atoms with van der Waals surface area (Å²) in [6.45, 7) is 1.87. The minimum atomic E-state index is -4.47. The van der Waals surface area contributed by atoms with Crippen LogP contribution in [0.25, 0.3) is 5.70 Å². The van der Waals surface area contributed by atoms with Gasteiger partial charge in [0, 0.05) is 23.7 Å². The predicted molar refractivity (Wildman–Crippen MR) is 117 cm³/mol. The zero-order valence-corrected chi connectivity index (χ0v) is 18.8. The van der Waals surface area contributed by atoms with Crippen LogP contribution in [0, 0.1) is 12.3 Å². The van der Waals surface area contributed by atoms with Crippen LogP contribution in [0.5, 0.6) is 0 Å². The molecule has 0 fully saturated rings. The second-order valence-corrected chi connectivity index (χ2v) is 8.65. The van der Waals surface area contributed by atoms with Crippen molar-refractivity contribution < 1.29 is 23.3 Å². The van der Waals surface area contributed by atoms with Gasteiger partial charge in [-0.05, 0) is 47.0 Å². The molecule has 6 N–H and O–H groups in total. The summed E-state index contributed by atoms with van der Waals surface area (Å²) in [7, 11) is 1.83. The van der Waals surface area contributed by atoms with E-state index in [-0.39, 0.29) is 18.5 Å². The van der Waals surface area contributed by atoms with Crippen LogP contribution in [0.4, 0.5) is 13.2 Å². The van der Waals surface area contributed by atoms with E-state index in [9.17, 15) is 18.0 Å². The first-order valence-electron chi connectivity index (χ1n) is 9.08. The van der Waals surface area contributed by atoms with Gasteiger partial charge in [-0.3, -0.25) is 4.79 Å². The summed E-state index contributed by atoms with van der Waals surface area (Å²) in [6, 6.07) is 6.36. The summed E-state index contributed by atoms with van der Waals surface area (Å²) in [4.78, 5) is 14.1. The normalized spacial score (nSPS) is 13.6. The summed E-state index contributed by atoms with van der Waals surface area (Å²) in [6.07, 6.45) is -3.32. The number of hydrogen-bond donors (Lipinski definition) is 4. The van der Waals surface area contributed by atoms with E-state index in [1.165, 1.54) is 35.8 Å². The predicted octanol–water partition coefficient (Wildman–Crippen LogP) is 3.28. The van der Waals surface area contributed by atoms with Crippen LogP contribution < -0.4 is 16.4 Å². The molecule has 0 bridgehead atoms. The Morgan fingerprint density at radius 1 is 1.40 bits per heavy atom. The topological polar surface area (TPSA) is 95.6 Å². The molecular formula is C20H23BrF3N4OS+. The van der Waals surface area contributed by atoms with E-state index in [0.29, 0.717) is 9.36 Å². The number of nitrogens with two attached hydrogens (primary N) is 2. The van der Waals surface area contributed by atoms with Gasteiger partial charge in [0.05, 0.1) is 27.5 Å². The third kappa shape index (κ3) is 5.78. The third-order valence-electron chi connectivity index (χ3n) is 4.51. The van der Waals surface area contributed by atoms with Gasteiger partial charge in [0.2, 0.25) is 0 Å². The van der Waals surface area contributed by atoms with Crippen molar-refractivity contribution in [2.45, 2.75) is 25.6 Å². The molecule has 0 unspecified atom stereocenters. The number of halogens is 4. The highest BCUT2D eigenvalue weighted by Crippen LogP contribution is 2.32. The molecule has 10 heteroatoms. The van der Waals surface area contributed by atoms with Crippen molar-refractivity contribution in [3.05, 3.63) is 61.3 Å². The van der Waals surface area contributed by atoms with Crippen molar-refractivity contribution >= 4 is 45.1 Å². The second kappa shape index (κ2) is 10.3. The second-order valence-electron chi connectivity index (χ2n) is 6.54. The SMILES string of the molecule is C[NH2+]/C(=C(/Br)C=N)c1cc(C(=O)N[C@H](CN)Cc2ccccc2C(F)(F)F)sc1C. The van der Waals surface area contributed by atoms with Gasteiger partial charge in [-0.1, -0.05) is 18.2 Å². The Bertz CT molecular complexity index is 956. The van der Waals surface area contributed by atoms with Crippen LogP contribution in [0.1, 0.15) is 31.2 Å². The minimum absolute atomic E-state index is 0.00237. The summed E-state index contributed by atoms with van der Waals surface area (Å²) >= 11 is 4.61. The maximum absolute atomic E-state index is 13.2. The van der Waals surface area contributed by atoms with E-state index >= 15 is 0 Å². The van der Waals surface area contributed by atoms with E-state index in [1.807, 2.05) is 19.3 Å². The number of amides is 1. The van der Waals surface area contributed by atoms with E-state index in [2.05, 4.69) is 21.2 Å². The first-order valence-corrected chi connectivity index (χ1v) is 10.7. The molecular weight excluding hydrogens is 481 g/mol. The van der Waals surface area contributed by atoms with Crippen LogP contribution >= 0.6 is 27.3 Å². The molecule has 0 saturated heterocycles. The molecule has 0 aliphatic carbocycles. The van der Waals surface area contributed by atoms with Gasteiger partial charge in [0.1, 0.15) is 0 Å². The summed E-state index contributed by atoms with van der Waals surface area (Å²) < 4.78 is 40.3. The summed E-state index contributed by atoms with van der Waals surface area (Å²) in [5.74, 6) is -0.393. The number of benzene rings is 1. The number of alkyl halides is 3. The van der Waals surface area contributed by atoms with Crippen LogP contribution in [0.2, 0.25) is 0 Å². The number of quaternary nitrogens is 1. The Morgan fingerprint density at radius 3 is 2.63 bits per heavy atom. The number of hydrogen-bond acceptors (Lipinski definition) is 4. The molecule has 1 aromatic carbocycles. The number of aryl methyl sites for hydroxylation is 1. The van der Waals surface area contributed by atoms with E-state index < -0.39 is 23.7 Å². The lowest BCUT2D eigenvalue weighted by atomic mass is 9.99. The van der Waals surface area contributed by atoms with E-state index in [4.69, 9.17) is 11.1 Å². The zero-order valence-electron chi connectivity index (χ0n) is 16.4. The number of thiophene rings is 1. The van der Waals surface area contributed by atoms with Crippen molar-refractivity contribution in [3.63, 3.8) is 0 Å². The van der Waals surface area contributed by atoms with Gasteiger partial charge < -0.3 is 21.8 Å². The maximum Gasteiger partial charge on any atom is 0.416 e. The lowest BCUT2D eigenvalue weighted by Crippen LogP contribution is -2.76. The molecule has 0 spiro atoms. The molecule has 1 atom stereocenters. The maximum atomic E-state index is 13.2. The molecule has 1 heterocycles. The molecule has 0 aliphatic rings. The lowest BCUT2D eigenvalue weighted by Gasteiger charge is -2.19. The molecule has 0 radical (unpaired) electrons. The first kappa shape index (κ1) is 24.3. The summed E-state index contributed by atoms with van der Waals surface area (Å²) in [5, 5.41) is 12.0. The number of carbonyl (C=O) groups is 1. The van der Waals surface area contributed by atoms with Gasteiger partial charge in [-0.2, -0.15) is 13.2 Å². The Labute approximate surface area is 185 Å². The van der Waals surface area contributed by atoms with Crippen LogP contribution in [0.15, 0.2) is 34.8 Å². The van der Waals surface area contributed by atoms with Crippen molar-refractivity contribution in [2.75, 3.05) is 13.6 Å². The van der Waals surface area contributed by atoms with Crippen molar-refractivity contribution in [1.29, 1.82) is 5.41 Å². The molecule has 1 amide bonds. The molecule has 5 nitrogen and oxygen atoms in total. The average Bonchev–Trinajstić information content (AvgIpc) is 3.09. The third-order valence-corrected chi connectivity index (χ3v) is 6.22. The standard InChI is InChI=1S/C20H22BrF3N4OS/c1-11-14(18(27-2)16(21)10-26)8-17(30-11)19(29)28-13(9-25)7-12-5-3-4-6-15(12)20(22,23)24/h3-6,8,10,13,26-27H,7,9,25H2,1-2H3,(H,28,29)/p+1/b18-16+,26-10?/t13-/m0/s1. The Balaban J connectivity index is 2.23. The lowest BCUT2D eigenvalue weighted by molar-refractivity contribution is -0.530. The molecule has 30 heavy (non-hydrogen) atoms. The molecule has 162 valence electrons. The van der Waals surface area contributed by atoms with Crippen LogP contribution in [0.3, 0.4) is 0 Å². The molecule has 1 aromatic heterocycles. The highest BCUT2D eigenvalue weighted by molar-refractivity contribution is 9.12. The smallest absolute Gasteiger partial charge is 0.347 e. The molecule has 2 aromatic rings. The van der Waals surface area contributed by atoms with Crippen LogP contribution in [-0.2, 0) is 12.6 Å². The fraction of sp³-hybridized carbons (Fsp3) is 0.300. The van der Waals surface area contributed by atoms with Gasteiger partial charge in [-0.15, -0.1) is 11.3 Å². The molecule has 0 aliphatic heterocycles. The van der Waals surface area contributed by atoms with E-state index in [0.717, 1.165) is 22.2 Å². The molecule has 2 rings (SSSR count). The van der Waals surface area contributed by atoms with Gasteiger partial charge in [0.15, 0.2) is 5.70 Å². The fourth-order valence-corrected chi connectivity index (χ4v) is 4.43. The fourth-order valence-electron chi connectivity index (χ4n) is 3.05. The number of carbonyl (C=O) groups excluding carboxylic acids is 1. The van der Waals surface area contributed by atoms with Gasteiger partial charge in [0.25, 0.3) is 5.91 Å². The van der Waals surface area contributed by atoms with Gasteiger partial charge >= 0.3 is 6.18 Å². The summed E-state index contributed by atoms with van der Waals surface area (Å²) in [5.41, 5.74) is 6.69. The number of allylic oxidation sites excluding steroid dienone is 1. The van der Waals surface area contributed by atoms with Crippen molar-refractivity contribution in [3.8, 4) is 0 Å². The highest BCUT2D eigenvalue weighted by Gasteiger charge is 2.33. The highest BCUT2D eigenvalue weighted by atomic mass is 79.9. The first-order chi connectivity index (χ1) is 14.1. The minimum Gasteiger partial charge on any atom is -0.347 e. The number of nitrogens with one attached hydrogen (secondary N) is 2. The largest absolute Gasteiger partial charge is 0.416 e. The molecule has 0 saturated carbocycles. The van der Waals surface area contributed by atoms with Crippen molar-refractivity contribution in [1.82, 2.24) is 5.32 Å². The van der Waals surface area contributed by atoms with Crippen molar-refractivity contribution in [2.24, 2.45) is 5.73 Å².